The topological polar surface area (TPSA) is 88.1 Å². The van der Waals surface area contributed by atoms with Crippen LogP contribution in [0.25, 0.3) is 11.4 Å². The number of rotatable bonds is 4. The van der Waals surface area contributed by atoms with Gasteiger partial charge >= 0.3 is 0 Å². The molecule has 112 valence electrons. The highest BCUT2D eigenvalue weighted by molar-refractivity contribution is 5.67. The molecule has 1 aromatic carbocycles. The maximum absolute atomic E-state index is 5.80. The standard InChI is InChI=1S/C14H19N5O2/c1-20-11-5-4-10(8-11)19-14(16-17-18-19)12-6-3-9(15)7-13(12)21-2/h3,6-7,10-11H,4-5,8,15H2,1-2H3. The summed E-state index contributed by atoms with van der Waals surface area (Å²) >= 11 is 0. The van der Waals surface area contributed by atoms with Crippen LogP contribution in [0.1, 0.15) is 25.3 Å². The maximum Gasteiger partial charge on any atom is 0.186 e. The molecule has 0 spiro atoms. The average Bonchev–Trinajstić information content (AvgIpc) is 3.15. The molecule has 7 nitrogen and oxygen atoms in total. The summed E-state index contributed by atoms with van der Waals surface area (Å²) < 4.78 is 12.7. The van der Waals surface area contributed by atoms with Crippen molar-refractivity contribution in [3.63, 3.8) is 0 Å². The van der Waals surface area contributed by atoms with E-state index < -0.39 is 0 Å². The molecular weight excluding hydrogens is 270 g/mol. The molecule has 3 rings (SSSR count). The van der Waals surface area contributed by atoms with Crippen molar-refractivity contribution in [2.75, 3.05) is 20.0 Å². The van der Waals surface area contributed by atoms with Crippen LogP contribution in [-0.2, 0) is 4.74 Å². The van der Waals surface area contributed by atoms with E-state index >= 15 is 0 Å². The van der Waals surface area contributed by atoms with Gasteiger partial charge in [-0.15, -0.1) is 5.10 Å². The number of hydrogen-bond acceptors (Lipinski definition) is 6. The number of benzene rings is 1. The summed E-state index contributed by atoms with van der Waals surface area (Å²) in [6.45, 7) is 0. The molecule has 0 amide bonds. The van der Waals surface area contributed by atoms with Crippen molar-refractivity contribution in [2.45, 2.75) is 31.4 Å². The zero-order valence-electron chi connectivity index (χ0n) is 12.2. The van der Waals surface area contributed by atoms with Gasteiger partial charge < -0.3 is 15.2 Å². The van der Waals surface area contributed by atoms with Gasteiger partial charge in [0.2, 0.25) is 0 Å². The van der Waals surface area contributed by atoms with Gasteiger partial charge in [0.05, 0.1) is 24.8 Å². The average molecular weight is 289 g/mol. The van der Waals surface area contributed by atoms with Gasteiger partial charge in [0.1, 0.15) is 5.75 Å². The van der Waals surface area contributed by atoms with Crippen LogP contribution >= 0.6 is 0 Å². The van der Waals surface area contributed by atoms with Crippen LogP contribution < -0.4 is 10.5 Å². The van der Waals surface area contributed by atoms with Gasteiger partial charge in [-0.2, -0.15) is 0 Å². The van der Waals surface area contributed by atoms with E-state index in [4.69, 9.17) is 15.2 Å². The van der Waals surface area contributed by atoms with Crippen molar-refractivity contribution in [3.05, 3.63) is 18.2 Å². The minimum Gasteiger partial charge on any atom is -0.496 e. The van der Waals surface area contributed by atoms with Crippen molar-refractivity contribution >= 4 is 5.69 Å². The fraction of sp³-hybridized carbons (Fsp3) is 0.500. The Hall–Kier alpha value is -2.15. The second kappa shape index (κ2) is 5.69. The first-order valence-electron chi connectivity index (χ1n) is 6.97. The molecule has 0 radical (unpaired) electrons. The molecule has 1 heterocycles. The smallest absolute Gasteiger partial charge is 0.186 e. The molecule has 1 aliphatic rings. The van der Waals surface area contributed by atoms with Gasteiger partial charge in [0.15, 0.2) is 5.82 Å². The van der Waals surface area contributed by atoms with Crippen molar-refractivity contribution in [1.82, 2.24) is 20.2 Å². The molecule has 1 aliphatic carbocycles. The van der Waals surface area contributed by atoms with Gasteiger partial charge in [-0.25, -0.2) is 4.68 Å². The number of methoxy groups -OCH3 is 2. The second-order valence-corrected chi connectivity index (χ2v) is 5.23. The Morgan fingerprint density at radius 2 is 2.14 bits per heavy atom. The summed E-state index contributed by atoms with van der Waals surface area (Å²) in [6.07, 6.45) is 3.24. The number of nitrogens with zero attached hydrogens (tertiary/aromatic N) is 4. The van der Waals surface area contributed by atoms with E-state index in [0.29, 0.717) is 17.3 Å². The first kappa shape index (κ1) is 13.8. The molecule has 1 saturated carbocycles. The summed E-state index contributed by atoms with van der Waals surface area (Å²) in [6, 6.07) is 5.74. The first-order valence-corrected chi connectivity index (χ1v) is 6.97. The minimum absolute atomic E-state index is 0.252. The van der Waals surface area contributed by atoms with Crippen molar-refractivity contribution in [2.24, 2.45) is 0 Å². The van der Waals surface area contributed by atoms with Crippen LogP contribution in [0, 0.1) is 0 Å². The summed E-state index contributed by atoms with van der Waals surface area (Å²) in [5, 5.41) is 12.1. The Labute approximate surface area is 123 Å². The highest BCUT2D eigenvalue weighted by atomic mass is 16.5. The van der Waals surface area contributed by atoms with Gasteiger partial charge in [-0.1, -0.05) is 0 Å². The predicted molar refractivity (Wildman–Crippen MR) is 77.9 cm³/mol. The molecule has 2 atom stereocenters. The Balaban J connectivity index is 1.96. The van der Waals surface area contributed by atoms with Crippen molar-refractivity contribution in [3.8, 4) is 17.1 Å². The van der Waals surface area contributed by atoms with E-state index in [2.05, 4.69) is 15.5 Å². The largest absolute Gasteiger partial charge is 0.496 e. The highest BCUT2D eigenvalue weighted by Crippen LogP contribution is 2.36. The molecular formula is C14H19N5O2. The molecule has 1 aromatic heterocycles. The lowest BCUT2D eigenvalue weighted by Gasteiger charge is -2.14. The third kappa shape index (κ3) is 2.56. The Kier molecular flexibility index (Phi) is 3.74. The summed E-state index contributed by atoms with van der Waals surface area (Å²) in [5.41, 5.74) is 7.29. The van der Waals surface area contributed by atoms with Crippen LogP contribution in [0.3, 0.4) is 0 Å². The zero-order valence-corrected chi connectivity index (χ0v) is 12.2. The number of ether oxygens (including phenoxy) is 2. The first-order chi connectivity index (χ1) is 10.2. The number of aromatic nitrogens is 4. The number of tetrazole rings is 1. The van der Waals surface area contributed by atoms with E-state index in [0.717, 1.165) is 24.8 Å². The van der Waals surface area contributed by atoms with Crippen LogP contribution in [0.5, 0.6) is 5.75 Å². The van der Waals surface area contributed by atoms with E-state index in [1.165, 1.54) is 0 Å². The zero-order chi connectivity index (χ0) is 14.8. The molecule has 2 unspecified atom stereocenters. The maximum atomic E-state index is 5.80. The SMILES string of the molecule is COc1cc(N)ccc1-c1nnnn1C1CCC(OC)C1. The number of hydrogen-bond donors (Lipinski definition) is 1. The molecule has 0 bridgehead atoms. The normalized spacial score (nSPS) is 21.6. The Morgan fingerprint density at radius 3 is 2.86 bits per heavy atom. The summed E-state index contributed by atoms with van der Waals surface area (Å²) in [4.78, 5) is 0. The van der Waals surface area contributed by atoms with Crippen LogP contribution in [0.2, 0.25) is 0 Å². The molecule has 21 heavy (non-hydrogen) atoms. The molecule has 7 heteroatoms. The molecule has 0 aliphatic heterocycles. The molecule has 2 N–H and O–H groups in total. The molecule has 0 saturated heterocycles. The minimum atomic E-state index is 0.252. The van der Waals surface area contributed by atoms with Crippen LogP contribution in [0.15, 0.2) is 18.2 Å². The van der Waals surface area contributed by atoms with E-state index in [9.17, 15) is 0 Å². The van der Waals surface area contributed by atoms with Gasteiger partial charge in [0, 0.05) is 18.9 Å². The Morgan fingerprint density at radius 1 is 1.29 bits per heavy atom. The lowest BCUT2D eigenvalue weighted by atomic mass is 10.1. The number of anilines is 1. The van der Waals surface area contributed by atoms with Crippen LogP contribution in [-0.4, -0.2) is 40.5 Å². The van der Waals surface area contributed by atoms with Crippen molar-refractivity contribution < 1.29 is 9.47 Å². The van der Waals surface area contributed by atoms with E-state index in [-0.39, 0.29) is 12.1 Å². The van der Waals surface area contributed by atoms with E-state index in [1.54, 1.807) is 20.3 Å². The number of nitrogens with two attached hydrogens (primary N) is 1. The third-order valence-electron chi connectivity index (χ3n) is 4.00. The fourth-order valence-electron chi connectivity index (χ4n) is 2.86. The summed E-state index contributed by atoms with van der Waals surface area (Å²) in [7, 11) is 3.36. The monoisotopic (exact) mass is 289 g/mol. The Bertz CT molecular complexity index is 628. The van der Waals surface area contributed by atoms with Crippen molar-refractivity contribution in [1.29, 1.82) is 0 Å². The van der Waals surface area contributed by atoms with Gasteiger partial charge in [-0.05, 0) is 41.8 Å². The fourth-order valence-corrected chi connectivity index (χ4v) is 2.86. The van der Waals surface area contributed by atoms with Gasteiger partial charge in [-0.3, -0.25) is 0 Å². The number of nitrogen functional groups attached to an aromatic ring is 1. The lowest BCUT2D eigenvalue weighted by Crippen LogP contribution is -2.12. The molecule has 2 aromatic rings. The lowest BCUT2D eigenvalue weighted by molar-refractivity contribution is 0.105. The third-order valence-corrected chi connectivity index (χ3v) is 4.00. The quantitative estimate of drug-likeness (QED) is 0.861. The predicted octanol–water partition coefficient (Wildman–Crippen LogP) is 1.67. The van der Waals surface area contributed by atoms with Gasteiger partial charge in [0.25, 0.3) is 0 Å². The summed E-state index contributed by atoms with van der Waals surface area (Å²) in [5.74, 6) is 1.38. The van der Waals surface area contributed by atoms with E-state index in [1.807, 2.05) is 16.8 Å². The molecule has 1 fully saturated rings. The van der Waals surface area contributed by atoms with Crippen LogP contribution in [0.4, 0.5) is 5.69 Å². The highest BCUT2D eigenvalue weighted by Gasteiger charge is 2.29. The second-order valence-electron chi connectivity index (χ2n) is 5.23.